The van der Waals surface area contributed by atoms with E-state index in [1.165, 1.54) is 4.90 Å². The van der Waals surface area contributed by atoms with Crippen LogP contribution in [-0.4, -0.2) is 53.0 Å². The topological polar surface area (TPSA) is 76.1 Å². The summed E-state index contributed by atoms with van der Waals surface area (Å²) in [6, 6.07) is -1.03. The van der Waals surface area contributed by atoms with E-state index >= 15 is 0 Å². The smallest absolute Gasteiger partial charge is 0.411 e. The third-order valence-electron chi connectivity index (χ3n) is 2.61. The van der Waals surface area contributed by atoms with E-state index < -0.39 is 30.3 Å². The molecule has 0 heterocycles. The van der Waals surface area contributed by atoms with E-state index in [4.69, 9.17) is 9.47 Å². The highest BCUT2D eigenvalue weighted by Crippen LogP contribution is 2.30. The molecule has 0 radical (unpaired) electrons. The van der Waals surface area contributed by atoms with E-state index in [0.29, 0.717) is 0 Å². The van der Waals surface area contributed by atoms with Gasteiger partial charge in [-0.3, -0.25) is 4.90 Å². The van der Waals surface area contributed by atoms with Crippen LogP contribution in [0.15, 0.2) is 0 Å². The number of aliphatic hydroxyl groups is 1. The Morgan fingerprint density at radius 1 is 1.37 bits per heavy atom. The molecule has 1 fully saturated rings. The summed E-state index contributed by atoms with van der Waals surface area (Å²) in [6.45, 7) is 6.70. The number of hydrogen-bond acceptors (Lipinski definition) is 5. The Balaban J connectivity index is 2.80. The van der Waals surface area contributed by atoms with Crippen molar-refractivity contribution in [3.05, 3.63) is 0 Å². The van der Waals surface area contributed by atoms with Crippen LogP contribution in [0, 0.1) is 0 Å². The number of rotatable bonds is 5. The molecule has 6 nitrogen and oxygen atoms in total. The standard InChI is InChI=1S/C13H23NO5/c1-5-18-11(16)10(8-15)14(9-6-7-9)12(17)19-13(2,3)4/h9-10,15H,5-8H2,1-4H3/t10-/m0/s1. The third-order valence-corrected chi connectivity index (χ3v) is 2.61. The zero-order valence-electron chi connectivity index (χ0n) is 12.0. The van der Waals surface area contributed by atoms with Crippen LogP contribution < -0.4 is 0 Å². The van der Waals surface area contributed by atoms with Gasteiger partial charge in [0.1, 0.15) is 5.60 Å². The lowest BCUT2D eigenvalue weighted by Gasteiger charge is -2.31. The predicted molar refractivity (Wildman–Crippen MR) is 68.6 cm³/mol. The summed E-state index contributed by atoms with van der Waals surface area (Å²) in [5.41, 5.74) is -0.640. The molecule has 1 aliphatic rings. The SMILES string of the molecule is CCOC(=O)[C@H](CO)N(C(=O)OC(C)(C)C)C1CC1. The number of nitrogens with zero attached hydrogens (tertiary/aromatic N) is 1. The van der Waals surface area contributed by atoms with Crippen LogP contribution >= 0.6 is 0 Å². The Hall–Kier alpha value is -1.30. The van der Waals surface area contributed by atoms with E-state index in [9.17, 15) is 14.7 Å². The van der Waals surface area contributed by atoms with Gasteiger partial charge >= 0.3 is 12.1 Å². The summed E-state index contributed by atoms with van der Waals surface area (Å²) in [4.78, 5) is 25.2. The molecule has 1 aliphatic carbocycles. The first-order valence-electron chi connectivity index (χ1n) is 6.59. The minimum Gasteiger partial charge on any atom is -0.464 e. The first-order chi connectivity index (χ1) is 8.80. The average Bonchev–Trinajstić information content (AvgIpc) is 3.06. The molecule has 1 N–H and O–H groups in total. The van der Waals surface area contributed by atoms with Crippen molar-refractivity contribution in [1.82, 2.24) is 4.90 Å². The van der Waals surface area contributed by atoms with Gasteiger partial charge in [0.2, 0.25) is 0 Å². The molecule has 6 heteroatoms. The zero-order chi connectivity index (χ0) is 14.6. The second kappa shape index (κ2) is 6.23. The van der Waals surface area contributed by atoms with Crippen molar-refractivity contribution in [2.24, 2.45) is 0 Å². The lowest BCUT2D eigenvalue weighted by molar-refractivity contribution is -0.151. The van der Waals surface area contributed by atoms with Crippen LogP contribution in [0.5, 0.6) is 0 Å². The van der Waals surface area contributed by atoms with Crippen LogP contribution in [0.4, 0.5) is 4.79 Å². The largest absolute Gasteiger partial charge is 0.464 e. The first-order valence-corrected chi connectivity index (χ1v) is 6.59. The minimum absolute atomic E-state index is 0.0450. The molecule has 1 saturated carbocycles. The summed E-state index contributed by atoms with van der Waals surface area (Å²) in [5, 5.41) is 9.37. The zero-order valence-corrected chi connectivity index (χ0v) is 12.0. The van der Waals surface area contributed by atoms with Gasteiger partial charge in [0.15, 0.2) is 6.04 Å². The van der Waals surface area contributed by atoms with Crippen LogP contribution in [0.1, 0.15) is 40.5 Å². The van der Waals surface area contributed by atoms with Crippen molar-refractivity contribution in [2.75, 3.05) is 13.2 Å². The van der Waals surface area contributed by atoms with Gasteiger partial charge in [0.05, 0.1) is 13.2 Å². The summed E-state index contributed by atoms with van der Waals surface area (Å²) in [5.74, 6) is -0.595. The molecule has 0 aromatic rings. The van der Waals surface area contributed by atoms with Gasteiger partial charge < -0.3 is 14.6 Å². The minimum atomic E-state index is -0.984. The van der Waals surface area contributed by atoms with Crippen LogP contribution in [0.3, 0.4) is 0 Å². The molecule has 0 bridgehead atoms. The van der Waals surface area contributed by atoms with Gasteiger partial charge in [0, 0.05) is 6.04 Å². The number of aliphatic hydroxyl groups excluding tert-OH is 1. The second-order valence-corrected chi connectivity index (χ2v) is 5.57. The number of hydrogen-bond donors (Lipinski definition) is 1. The fraction of sp³-hybridized carbons (Fsp3) is 0.846. The normalized spacial score (nSPS) is 16.7. The number of ether oxygens (including phenoxy) is 2. The van der Waals surface area contributed by atoms with Crippen molar-refractivity contribution in [3.63, 3.8) is 0 Å². The maximum Gasteiger partial charge on any atom is 0.411 e. The van der Waals surface area contributed by atoms with Gasteiger partial charge in [-0.25, -0.2) is 9.59 Å². The van der Waals surface area contributed by atoms with Crippen molar-refractivity contribution in [1.29, 1.82) is 0 Å². The van der Waals surface area contributed by atoms with Crippen LogP contribution in [0.25, 0.3) is 0 Å². The van der Waals surface area contributed by atoms with E-state index in [-0.39, 0.29) is 12.6 Å². The fourth-order valence-corrected chi connectivity index (χ4v) is 1.71. The highest BCUT2D eigenvalue weighted by Gasteiger charge is 2.42. The maximum absolute atomic E-state index is 12.1. The number of amides is 1. The Labute approximate surface area is 113 Å². The third kappa shape index (κ3) is 4.70. The van der Waals surface area contributed by atoms with Crippen molar-refractivity contribution < 1.29 is 24.2 Å². The molecule has 0 aromatic carbocycles. The molecule has 1 amide bonds. The highest BCUT2D eigenvalue weighted by molar-refractivity contribution is 5.82. The molecule has 0 unspecified atom stereocenters. The molecule has 0 spiro atoms. The van der Waals surface area contributed by atoms with Crippen molar-refractivity contribution >= 4 is 12.1 Å². The monoisotopic (exact) mass is 273 g/mol. The van der Waals surface area contributed by atoms with Crippen LogP contribution in [-0.2, 0) is 14.3 Å². The number of carbonyl (C=O) groups excluding carboxylic acids is 2. The molecule has 0 aliphatic heterocycles. The molecule has 110 valence electrons. The molecule has 0 aromatic heterocycles. The Morgan fingerprint density at radius 2 is 1.95 bits per heavy atom. The molecular formula is C13H23NO5. The molecule has 19 heavy (non-hydrogen) atoms. The molecule has 1 atom stereocenters. The number of esters is 1. The highest BCUT2D eigenvalue weighted by atomic mass is 16.6. The first kappa shape index (κ1) is 15.8. The average molecular weight is 273 g/mol. The number of carbonyl (C=O) groups is 2. The predicted octanol–water partition coefficient (Wildman–Crippen LogP) is 1.31. The van der Waals surface area contributed by atoms with Crippen LogP contribution in [0.2, 0.25) is 0 Å². The second-order valence-electron chi connectivity index (χ2n) is 5.57. The molecule has 0 saturated heterocycles. The van der Waals surface area contributed by atoms with Gasteiger partial charge in [-0.15, -0.1) is 0 Å². The Bertz CT molecular complexity index is 332. The lowest BCUT2D eigenvalue weighted by atomic mass is 10.2. The van der Waals surface area contributed by atoms with Crippen molar-refractivity contribution in [3.8, 4) is 0 Å². The maximum atomic E-state index is 12.1. The van der Waals surface area contributed by atoms with E-state index in [1.54, 1.807) is 27.7 Å². The van der Waals surface area contributed by atoms with Gasteiger partial charge in [0.25, 0.3) is 0 Å². The Kier molecular flexibility index (Phi) is 5.17. The van der Waals surface area contributed by atoms with E-state index in [2.05, 4.69) is 0 Å². The quantitative estimate of drug-likeness (QED) is 0.764. The molecular weight excluding hydrogens is 250 g/mol. The Morgan fingerprint density at radius 3 is 2.32 bits per heavy atom. The lowest BCUT2D eigenvalue weighted by Crippen LogP contribution is -2.50. The summed E-state index contributed by atoms with van der Waals surface area (Å²) in [6.07, 6.45) is 1.05. The summed E-state index contributed by atoms with van der Waals surface area (Å²) in [7, 11) is 0. The summed E-state index contributed by atoms with van der Waals surface area (Å²) >= 11 is 0. The fourth-order valence-electron chi connectivity index (χ4n) is 1.71. The van der Waals surface area contributed by atoms with Gasteiger partial charge in [-0.05, 0) is 40.5 Å². The van der Waals surface area contributed by atoms with Gasteiger partial charge in [-0.1, -0.05) is 0 Å². The molecule has 1 rings (SSSR count). The van der Waals surface area contributed by atoms with Crippen molar-refractivity contribution in [2.45, 2.75) is 58.2 Å². The van der Waals surface area contributed by atoms with E-state index in [0.717, 1.165) is 12.8 Å². The van der Waals surface area contributed by atoms with E-state index in [1.807, 2.05) is 0 Å². The summed E-state index contributed by atoms with van der Waals surface area (Å²) < 4.78 is 10.2. The van der Waals surface area contributed by atoms with Gasteiger partial charge in [-0.2, -0.15) is 0 Å².